The van der Waals surface area contributed by atoms with E-state index in [0.717, 1.165) is 31.5 Å². The lowest BCUT2D eigenvalue weighted by molar-refractivity contribution is 0.0986. The van der Waals surface area contributed by atoms with Crippen LogP contribution in [0.5, 0.6) is 0 Å². The highest BCUT2D eigenvalue weighted by molar-refractivity contribution is 6.39. The Kier molecular flexibility index (Phi) is 2.41. The van der Waals surface area contributed by atoms with E-state index in [9.17, 15) is 9.59 Å². The topological polar surface area (TPSA) is 46.2 Å². The molecule has 1 saturated heterocycles. The quantitative estimate of drug-likeness (QED) is 0.542. The van der Waals surface area contributed by atoms with Crippen molar-refractivity contribution in [2.45, 2.75) is 12.8 Å². The minimum atomic E-state index is -0.0810. The van der Waals surface area contributed by atoms with Crippen molar-refractivity contribution in [2.24, 2.45) is 0 Å². The summed E-state index contributed by atoms with van der Waals surface area (Å²) in [4.78, 5) is 24.4. The molecule has 1 N–H and O–H groups in total. The fourth-order valence-electron chi connectivity index (χ4n) is 2.55. The molecule has 0 saturated carbocycles. The van der Waals surface area contributed by atoms with Gasteiger partial charge in [-0.2, -0.15) is 0 Å². The van der Waals surface area contributed by atoms with Crippen molar-refractivity contribution in [1.29, 1.82) is 0 Å². The second-order valence-corrected chi connectivity index (χ2v) is 4.43. The van der Waals surface area contributed by atoms with E-state index >= 15 is 0 Å². The molecule has 0 amide bonds. The average Bonchev–Trinajstić information content (AvgIpc) is 2.64. The zero-order valence-electron chi connectivity index (χ0n) is 9.45. The predicted octanol–water partition coefficient (Wildman–Crippen LogP) is 1.75. The summed E-state index contributed by atoms with van der Waals surface area (Å²) in [7, 11) is 0. The summed E-state index contributed by atoms with van der Waals surface area (Å²) in [6, 6.07) is 7.09. The molecule has 86 valence electrons. The maximum Gasteiger partial charge on any atom is 0.197 e. The van der Waals surface area contributed by atoms with Gasteiger partial charge in [-0.25, -0.2) is 0 Å². The number of rotatable bonds is 0. The molecule has 3 nitrogen and oxygen atoms in total. The highest BCUT2D eigenvalue weighted by atomic mass is 16.2. The Morgan fingerprint density at radius 1 is 0.882 bits per heavy atom. The van der Waals surface area contributed by atoms with Crippen LogP contribution < -0.4 is 5.32 Å². The summed E-state index contributed by atoms with van der Waals surface area (Å²) >= 11 is 0. The van der Waals surface area contributed by atoms with Gasteiger partial charge in [0.25, 0.3) is 0 Å². The maximum absolute atomic E-state index is 12.2. The van der Waals surface area contributed by atoms with Gasteiger partial charge in [-0.1, -0.05) is 29.8 Å². The Balaban J connectivity index is 2.11. The second kappa shape index (κ2) is 3.93. The normalized spacial score (nSPS) is 19.8. The van der Waals surface area contributed by atoms with Gasteiger partial charge in [0.15, 0.2) is 11.6 Å². The summed E-state index contributed by atoms with van der Waals surface area (Å²) in [6.45, 7) is 1.71. The highest BCUT2D eigenvalue weighted by Crippen LogP contribution is 2.30. The summed E-state index contributed by atoms with van der Waals surface area (Å²) < 4.78 is 0. The fraction of sp³-hybridized carbons (Fsp3) is 0.286. The van der Waals surface area contributed by atoms with Crippen LogP contribution in [0.1, 0.15) is 33.6 Å². The number of nitrogens with one attached hydrogen (secondary N) is 1. The summed E-state index contributed by atoms with van der Waals surface area (Å²) in [6.07, 6.45) is 1.61. The number of hydrogen-bond donors (Lipinski definition) is 1. The van der Waals surface area contributed by atoms with Gasteiger partial charge in [0, 0.05) is 11.1 Å². The Hall–Kier alpha value is -1.74. The van der Waals surface area contributed by atoms with Crippen molar-refractivity contribution in [3.05, 3.63) is 46.5 Å². The number of carbonyl (C=O) groups excluding carboxylic acids is 2. The largest absolute Gasteiger partial charge is 0.316 e. The molecule has 0 atom stereocenters. The van der Waals surface area contributed by atoms with Gasteiger partial charge in [0.05, 0.1) is 5.57 Å². The molecule has 1 aromatic rings. The first-order valence-electron chi connectivity index (χ1n) is 5.90. The fourth-order valence-corrected chi connectivity index (χ4v) is 2.55. The van der Waals surface area contributed by atoms with Crippen LogP contribution in [0.15, 0.2) is 35.4 Å². The smallest absolute Gasteiger partial charge is 0.197 e. The van der Waals surface area contributed by atoms with Gasteiger partial charge < -0.3 is 5.32 Å². The first kappa shape index (κ1) is 10.4. The third-order valence-corrected chi connectivity index (χ3v) is 3.43. The first-order valence-corrected chi connectivity index (χ1v) is 5.90. The molecule has 1 aromatic carbocycles. The van der Waals surface area contributed by atoms with E-state index in [-0.39, 0.29) is 11.6 Å². The van der Waals surface area contributed by atoms with Gasteiger partial charge in [-0.3, -0.25) is 9.59 Å². The molecular formula is C14H13NO2. The number of carbonyl (C=O) groups is 2. The lowest BCUT2D eigenvalue weighted by Gasteiger charge is -2.16. The summed E-state index contributed by atoms with van der Waals surface area (Å²) in [5.41, 5.74) is 2.60. The van der Waals surface area contributed by atoms with E-state index in [2.05, 4.69) is 5.32 Å². The average molecular weight is 227 g/mol. The van der Waals surface area contributed by atoms with Crippen molar-refractivity contribution in [2.75, 3.05) is 13.1 Å². The zero-order valence-corrected chi connectivity index (χ0v) is 9.45. The molecular weight excluding hydrogens is 214 g/mol. The molecule has 1 heterocycles. The number of fused-ring (bicyclic) bond motifs is 1. The number of hydrogen-bond acceptors (Lipinski definition) is 3. The van der Waals surface area contributed by atoms with Crippen LogP contribution in [0.2, 0.25) is 0 Å². The maximum atomic E-state index is 12.2. The lowest BCUT2D eigenvalue weighted by atomic mass is 9.96. The Bertz CT molecular complexity index is 498. The number of allylic oxidation sites excluding steroid dienone is 1. The highest BCUT2D eigenvalue weighted by Gasteiger charge is 2.34. The van der Waals surface area contributed by atoms with Crippen LogP contribution in [-0.4, -0.2) is 24.7 Å². The molecule has 1 aliphatic carbocycles. The molecule has 2 aliphatic rings. The van der Waals surface area contributed by atoms with Crippen LogP contribution in [0.25, 0.3) is 0 Å². The molecule has 0 unspecified atom stereocenters. The van der Waals surface area contributed by atoms with Crippen LogP contribution in [-0.2, 0) is 0 Å². The van der Waals surface area contributed by atoms with Gasteiger partial charge in [0.2, 0.25) is 0 Å². The van der Waals surface area contributed by atoms with Crippen LogP contribution in [0, 0.1) is 0 Å². The Labute approximate surface area is 99.5 Å². The number of Topliss-reactive ketones (excluding diaryl/α,β-unsaturated/α-hetero) is 2. The van der Waals surface area contributed by atoms with E-state index in [1.807, 2.05) is 0 Å². The van der Waals surface area contributed by atoms with E-state index in [1.54, 1.807) is 24.3 Å². The van der Waals surface area contributed by atoms with Gasteiger partial charge in [-0.15, -0.1) is 0 Å². The Morgan fingerprint density at radius 3 is 1.94 bits per heavy atom. The van der Waals surface area contributed by atoms with Gasteiger partial charge in [-0.05, 0) is 25.9 Å². The molecule has 17 heavy (non-hydrogen) atoms. The van der Waals surface area contributed by atoms with Crippen LogP contribution >= 0.6 is 0 Å². The first-order chi connectivity index (χ1) is 8.29. The minimum Gasteiger partial charge on any atom is -0.316 e. The third kappa shape index (κ3) is 1.54. The molecule has 0 radical (unpaired) electrons. The van der Waals surface area contributed by atoms with Crippen molar-refractivity contribution in [3.8, 4) is 0 Å². The standard InChI is InChI=1S/C14H13NO2/c16-13-10-3-1-2-4-11(10)14(17)12(13)9-5-7-15-8-6-9/h1-4,15H,5-8H2. The number of ketones is 2. The monoisotopic (exact) mass is 227 g/mol. The van der Waals surface area contributed by atoms with Crippen molar-refractivity contribution < 1.29 is 9.59 Å². The van der Waals surface area contributed by atoms with Crippen molar-refractivity contribution >= 4 is 11.6 Å². The molecule has 3 rings (SSSR count). The molecule has 0 bridgehead atoms. The second-order valence-electron chi connectivity index (χ2n) is 4.43. The lowest BCUT2D eigenvalue weighted by Crippen LogP contribution is -2.25. The van der Waals surface area contributed by atoms with E-state index in [4.69, 9.17) is 0 Å². The van der Waals surface area contributed by atoms with E-state index in [1.165, 1.54) is 0 Å². The summed E-state index contributed by atoms with van der Waals surface area (Å²) in [5.74, 6) is -0.162. The predicted molar refractivity (Wildman–Crippen MR) is 64.2 cm³/mol. The molecule has 3 heteroatoms. The van der Waals surface area contributed by atoms with Crippen LogP contribution in [0.3, 0.4) is 0 Å². The number of benzene rings is 1. The van der Waals surface area contributed by atoms with E-state index in [0.29, 0.717) is 16.7 Å². The molecule has 0 spiro atoms. The zero-order chi connectivity index (χ0) is 11.8. The molecule has 0 aromatic heterocycles. The van der Waals surface area contributed by atoms with Crippen LogP contribution in [0.4, 0.5) is 0 Å². The number of piperidine rings is 1. The molecule has 1 aliphatic heterocycles. The minimum absolute atomic E-state index is 0.0810. The van der Waals surface area contributed by atoms with Crippen molar-refractivity contribution in [3.63, 3.8) is 0 Å². The van der Waals surface area contributed by atoms with Crippen molar-refractivity contribution in [1.82, 2.24) is 5.32 Å². The summed E-state index contributed by atoms with van der Waals surface area (Å²) in [5, 5.41) is 3.23. The third-order valence-electron chi connectivity index (χ3n) is 3.43. The van der Waals surface area contributed by atoms with E-state index < -0.39 is 0 Å². The molecule has 1 fully saturated rings. The van der Waals surface area contributed by atoms with Gasteiger partial charge >= 0.3 is 0 Å². The van der Waals surface area contributed by atoms with Gasteiger partial charge in [0.1, 0.15) is 0 Å². The Morgan fingerprint density at radius 2 is 1.41 bits per heavy atom. The SMILES string of the molecule is O=C1C(=C2CCNCC2)C(=O)c2ccccc21.